The highest BCUT2D eigenvalue weighted by atomic mass is 16.5. The highest BCUT2D eigenvalue weighted by Crippen LogP contribution is 2.57. The summed E-state index contributed by atoms with van der Waals surface area (Å²) in [6.45, 7) is 3.86. The Labute approximate surface area is 276 Å². The molecule has 1 aliphatic rings. The minimum absolute atomic E-state index is 0.199. The normalized spacial score (nSPS) is 14.1. The molecule has 234 valence electrons. The molecule has 0 aromatic heterocycles. The molecule has 0 heterocycles. The van der Waals surface area contributed by atoms with Gasteiger partial charge in [-0.05, 0) is 82.6 Å². The van der Waals surface area contributed by atoms with Crippen molar-refractivity contribution in [2.24, 2.45) is 0 Å². The van der Waals surface area contributed by atoms with E-state index >= 15 is 0 Å². The van der Waals surface area contributed by atoms with Crippen molar-refractivity contribution in [1.29, 1.82) is 0 Å². The Morgan fingerprint density at radius 3 is 1.26 bits per heavy atom. The third-order valence-electron chi connectivity index (χ3n) is 8.91. The van der Waals surface area contributed by atoms with Crippen LogP contribution in [-0.4, -0.2) is 35.6 Å². The molecular formula is C43H38O4. The van der Waals surface area contributed by atoms with Gasteiger partial charge in [0.15, 0.2) is 0 Å². The van der Waals surface area contributed by atoms with Crippen molar-refractivity contribution in [3.63, 3.8) is 0 Å². The summed E-state index contributed by atoms with van der Waals surface area (Å²) < 4.78 is 12.4. The fourth-order valence-corrected chi connectivity index (χ4v) is 6.91. The molecular weight excluding hydrogens is 580 g/mol. The summed E-state index contributed by atoms with van der Waals surface area (Å²) in [5, 5.41) is 20.1. The molecule has 4 nitrogen and oxygen atoms in total. The molecule has 0 aliphatic heterocycles. The number of hydrogen-bond acceptors (Lipinski definition) is 4. The standard InChI is InChI=1S/C43H38O4/c1-29(44)27-46-41-23-21-33(25-37(41)31-13-5-3-6-14-31)43(39-19-11-9-17-35(39)36-18-10-12-20-40(36)43)34-22-24-42(47-28-30(2)45)38(26-34)32-15-7-4-8-16-32/h3-26,29-30,44-45H,27-28H2,1-2H3. The average Bonchev–Trinajstić information content (AvgIpc) is 3.41. The van der Waals surface area contributed by atoms with Crippen molar-refractivity contribution in [2.45, 2.75) is 31.5 Å². The van der Waals surface area contributed by atoms with E-state index in [0.717, 1.165) is 44.9 Å². The van der Waals surface area contributed by atoms with E-state index < -0.39 is 17.6 Å². The SMILES string of the molecule is CC(O)COc1ccc(C2(c3ccc(OCC(C)O)c(-c4ccccc4)c3)c3ccccc3-c3ccccc32)cc1-c1ccccc1. The fraction of sp³-hybridized carbons (Fsp3) is 0.163. The van der Waals surface area contributed by atoms with Crippen molar-refractivity contribution in [3.05, 3.63) is 168 Å². The lowest BCUT2D eigenvalue weighted by molar-refractivity contribution is 0.123. The van der Waals surface area contributed by atoms with Gasteiger partial charge in [-0.3, -0.25) is 0 Å². The first-order valence-corrected chi connectivity index (χ1v) is 16.2. The van der Waals surface area contributed by atoms with Crippen LogP contribution < -0.4 is 9.47 Å². The number of ether oxygens (including phenoxy) is 2. The molecule has 0 amide bonds. The molecule has 2 N–H and O–H groups in total. The summed E-state index contributed by atoms with van der Waals surface area (Å²) in [6.07, 6.45) is -1.19. The Bertz CT molecular complexity index is 1850. The molecule has 0 spiro atoms. The molecule has 2 atom stereocenters. The molecule has 47 heavy (non-hydrogen) atoms. The number of aliphatic hydroxyl groups is 2. The van der Waals surface area contributed by atoms with E-state index in [-0.39, 0.29) is 13.2 Å². The smallest absolute Gasteiger partial charge is 0.127 e. The van der Waals surface area contributed by atoms with E-state index in [1.165, 1.54) is 22.3 Å². The van der Waals surface area contributed by atoms with Gasteiger partial charge in [0, 0.05) is 11.1 Å². The third kappa shape index (κ3) is 5.61. The molecule has 4 heteroatoms. The van der Waals surface area contributed by atoms with Gasteiger partial charge in [0.2, 0.25) is 0 Å². The van der Waals surface area contributed by atoms with Crippen LogP contribution in [-0.2, 0) is 5.41 Å². The van der Waals surface area contributed by atoms with E-state index in [1.54, 1.807) is 13.8 Å². The first-order valence-electron chi connectivity index (χ1n) is 16.2. The number of benzene rings is 6. The summed E-state index contributed by atoms with van der Waals surface area (Å²) in [7, 11) is 0. The second-order valence-electron chi connectivity index (χ2n) is 12.3. The van der Waals surface area contributed by atoms with Crippen LogP contribution in [0.1, 0.15) is 36.1 Å². The van der Waals surface area contributed by atoms with Crippen molar-refractivity contribution in [3.8, 4) is 44.9 Å². The minimum atomic E-state index is -0.661. The maximum Gasteiger partial charge on any atom is 0.127 e. The van der Waals surface area contributed by atoms with Crippen molar-refractivity contribution >= 4 is 0 Å². The Morgan fingerprint density at radius 1 is 0.468 bits per heavy atom. The summed E-state index contributed by atoms with van der Waals surface area (Å²) in [5.74, 6) is 1.45. The van der Waals surface area contributed by atoms with Gasteiger partial charge in [-0.25, -0.2) is 0 Å². The summed E-state index contributed by atoms with van der Waals surface area (Å²) in [6, 6.07) is 50.9. The van der Waals surface area contributed by atoms with Crippen LogP contribution in [0.3, 0.4) is 0 Å². The average molecular weight is 619 g/mol. The lowest BCUT2D eigenvalue weighted by Gasteiger charge is -2.35. The maximum absolute atomic E-state index is 10.1. The number of hydrogen-bond donors (Lipinski definition) is 2. The molecule has 1 aliphatic carbocycles. The Hall–Kier alpha value is -5.16. The van der Waals surface area contributed by atoms with Crippen molar-refractivity contribution in [1.82, 2.24) is 0 Å². The highest BCUT2D eigenvalue weighted by Gasteiger charge is 2.46. The Morgan fingerprint density at radius 2 is 0.851 bits per heavy atom. The lowest BCUT2D eigenvalue weighted by atomic mass is 9.67. The van der Waals surface area contributed by atoms with Gasteiger partial charge < -0.3 is 19.7 Å². The number of rotatable bonds is 10. The van der Waals surface area contributed by atoms with Crippen LogP contribution in [0, 0.1) is 0 Å². The predicted molar refractivity (Wildman–Crippen MR) is 189 cm³/mol. The first kappa shape index (κ1) is 30.5. The van der Waals surface area contributed by atoms with Gasteiger partial charge in [0.1, 0.15) is 24.7 Å². The predicted octanol–water partition coefficient (Wildman–Crippen LogP) is 8.90. The van der Waals surface area contributed by atoms with Gasteiger partial charge in [-0.1, -0.05) is 121 Å². The van der Waals surface area contributed by atoms with Gasteiger partial charge in [-0.15, -0.1) is 0 Å². The summed E-state index contributed by atoms with van der Waals surface area (Å²) >= 11 is 0. The van der Waals surface area contributed by atoms with Crippen LogP contribution >= 0.6 is 0 Å². The van der Waals surface area contributed by atoms with Crippen LogP contribution in [0.5, 0.6) is 11.5 Å². The Balaban J connectivity index is 1.53. The molecule has 7 rings (SSSR count). The van der Waals surface area contributed by atoms with E-state index in [1.807, 2.05) is 48.5 Å². The van der Waals surface area contributed by atoms with Crippen molar-refractivity contribution < 1.29 is 19.7 Å². The molecule has 0 saturated heterocycles. The van der Waals surface area contributed by atoms with Gasteiger partial charge >= 0.3 is 0 Å². The number of fused-ring (bicyclic) bond motifs is 3. The zero-order chi connectivity index (χ0) is 32.4. The number of aliphatic hydroxyl groups excluding tert-OH is 2. The van der Waals surface area contributed by atoms with E-state index in [9.17, 15) is 10.2 Å². The van der Waals surface area contributed by atoms with Gasteiger partial charge in [0.25, 0.3) is 0 Å². The molecule has 6 aromatic rings. The summed E-state index contributed by atoms with van der Waals surface area (Å²) in [5.41, 5.74) is 10.4. The molecule has 2 unspecified atom stereocenters. The van der Waals surface area contributed by atoms with Crippen LogP contribution in [0.15, 0.2) is 146 Å². The molecule has 0 saturated carbocycles. The van der Waals surface area contributed by atoms with Gasteiger partial charge in [-0.2, -0.15) is 0 Å². The fourth-order valence-electron chi connectivity index (χ4n) is 6.91. The van der Waals surface area contributed by atoms with Crippen LogP contribution in [0.4, 0.5) is 0 Å². The van der Waals surface area contributed by atoms with E-state index in [4.69, 9.17) is 9.47 Å². The summed E-state index contributed by atoms with van der Waals surface area (Å²) in [4.78, 5) is 0. The maximum atomic E-state index is 10.1. The monoisotopic (exact) mass is 618 g/mol. The molecule has 6 aromatic carbocycles. The molecule has 0 bridgehead atoms. The van der Waals surface area contributed by atoms with Gasteiger partial charge in [0.05, 0.1) is 17.6 Å². The largest absolute Gasteiger partial charge is 0.490 e. The quantitative estimate of drug-likeness (QED) is 0.161. The van der Waals surface area contributed by atoms with E-state index in [0.29, 0.717) is 0 Å². The second kappa shape index (κ2) is 12.9. The zero-order valence-electron chi connectivity index (χ0n) is 26.6. The third-order valence-corrected chi connectivity index (χ3v) is 8.91. The molecule has 0 radical (unpaired) electrons. The minimum Gasteiger partial charge on any atom is -0.490 e. The van der Waals surface area contributed by atoms with Crippen LogP contribution in [0.25, 0.3) is 33.4 Å². The first-order chi connectivity index (χ1) is 23.0. The van der Waals surface area contributed by atoms with Crippen LogP contribution in [0.2, 0.25) is 0 Å². The topological polar surface area (TPSA) is 58.9 Å². The Kier molecular flexibility index (Phi) is 8.38. The second-order valence-corrected chi connectivity index (χ2v) is 12.3. The lowest BCUT2D eigenvalue weighted by Crippen LogP contribution is -2.29. The van der Waals surface area contributed by atoms with E-state index in [2.05, 4.69) is 97.1 Å². The highest BCUT2D eigenvalue weighted by molar-refractivity contribution is 5.88. The molecule has 0 fully saturated rings. The zero-order valence-corrected chi connectivity index (χ0v) is 26.6. The van der Waals surface area contributed by atoms with Crippen molar-refractivity contribution in [2.75, 3.05) is 13.2 Å².